The molecule has 1 unspecified atom stereocenters. The molecule has 4 rings (SSSR count). The van der Waals surface area contributed by atoms with Crippen molar-refractivity contribution in [3.63, 3.8) is 0 Å². The third-order valence-electron chi connectivity index (χ3n) is 5.56. The van der Waals surface area contributed by atoms with Crippen LogP contribution in [0.3, 0.4) is 0 Å². The largest absolute Gasteiger partial charge is 0.490 e. The van der Waals surface area contributed by atoms with Gasteiger partial charge in [0.25, 0.3) is 0 Å². The fourth-order valence-electron chi connectivity index (χ4n) is 4.01. The summed E-state index contributed by atoms with van der Waals surface area (Å²) in [6.07, 6.45) is 2.36. The zero-order valence-electron chi connectivity index (χ0n) is 18.2. The maximum Gasteiger partial charge on any atom is 0.128 e. The van der Waals surface area contributed by atoms with Crippen molar-refractivity contribution in [2.24, 2.45) is 0 Å². The molecule has 1 atom stereocenters. The highest BCUT2D eigenvalue weighted by atomic mass is 16.5. The van der Waals surface area contributed by atoms with Crippen LogP contribution in [0.25, 0.3) is 21.8 Å². The lowest BCUT2D eigenvalue weighted by atomic mass is 9.94. The van der Waals surface area contributed by atoms with E-state index in [1.807, 2.05) is 25.1 Å². The van der Waals surface area contributed by atoms with E-state index < -0.39 is 6.10 Å². The molecule has 0 saturated heterocycles. The molecule has 0 aliphatic carbocycles. The van der Waals surface area contributed by atoms with Gasteiger partial charge in [0.05, 0.1) is 0 Å². The van der Waals surface area contributed by atoms with E-state index in [1.165, 1.54) is 16.5 Å². The highest BCUT2D eigenvalue weighted by Crippen LogP contribution is 2.26. The van der Waals surface area contributed by atoms with Gasteiger partial charge in [-0.15, -0.1) is 0 Å². The number of β-amino-alcohol motifs (C(OH)–C–C–N with tert-alkyl or cyclic N) is 1. The summed E-state index contributed by atoms with van der Waals surface area (Å²) in [4.78, 5) is 6.67. The summed E-state index contributed by atoms with van der Waals surface area (Å²) >= 11 is 0. The lowest BCUT2D eigenvalue weighted by Gasteiger charge is -2.28. The van der Waals surface area contributed by atoms with Crippen LogP contribution in [0.5, 0.6) is 5.75 Å². The molecule has 0 fully saturated rings. The van der Waals surface area contributed by atoms with E-state index >= 15 is 0 Å². The van der Waals surface area contributed by atoms with Crippen LogP contribution in [0.4, 0.5) is 0 Å². The highest BCUT2D eigenvalue weighted by Gasteiger charge is 2.21. The summed E-state index contributed by atoms with van der Waals surface area (Å²) in [6, 6.07) is 14.5. The van der Waals surface area contributed by atoms with Crippen molar-refractivity contribution in [2.45, 2.75) is 45.8 Å². The van der Waals surface area contributed by atoms with E-state index in [-0.39, 0.29) is 12.1 Å². The average Bonchev–Trinajstić information content (AvgIpc) is 3.27. The Labute approximate surface area is 177 Å². The van der Waals surface area contributed by atoms with Gasteiger partial charge in [0, 0.05) is 45.8 Å². The number of aliphatic hydroxyl groups is 1. The molecule has 0 aliphatic rings. The smallest absolute Gasteiger partial charge is 0.128 e. The molecule has 158 valence electrons. The molecule has 2 heterocycles. The van der Waals surface area contributed by atoms with Gasteiger partial charge in [0.1, 0.15) is 18.5 Å². The number of aryl methyl sites for hydroxylation is 2. The van der Waals surface area contributed by atoms with Crippen LogP contribution >= 0.6 is 0 Å². The molecule has 0 spiro atoms. The second-order valence-electron chi connectivity index (χ2n) is 8.94. The standard InChI is InChI=1S/C25H31N3O2/c1-16-8-9-22-20(10-16)18(13-26-22)12-25(3,4)27-14-19(29)15-30-24-7-5-6-23-21(24)11-17(2)28-23/h5-11,13,19,26-29H,12,14-15H2,1-4H3. The number of H-pyrrole nitrogens is 2. The van der Waals surface area contributed by atoms with Crippen LogP contribution in [0, 0.1) is 13.8 Å². The molecule has 0 bridgehead atoms. The molecule has 30 heavy (non-hydrogen) atoms. The maximum absolute atomic E-state index is 10.5. The number of rotatable bonds is 8. The molecule has 0 saturated carbocycles. The molecule has 0 amide bonds. The van der Waals surface area contributed by atoms with Gasteiger partial charge in [-0.3, -0.25) is 0 Å². The molecular formula is C25H31N3O2. The van der Waals surface area contributed by atoms with Crippen molar-refractivity contribution in [1.82, 2.24) is 15.3 Å². The van der Waals surface area contributed by atoms with Gasteiger partial charge >= 0.3 is 0 Å². The lowest BCUT2D eigenvalue weighted by molar-refractivity contribution is 0.0996. The number of aromatic nitrogens is 2. The Bertz CT molecular complexity index is 1160. The number of hydrogen-bond donors (Lipinski definition) is 4. The van der Waals surface area contributed by atoms with Gasteiger partial charge in [-0.2, -0.15) is 0 Å². The van der Waals surface area contributed by atoms with Crippen molar-refractivity contribution in [1.29, 1.82) is 0 Å². The number of hydrogen-bond acceptors (Lipinski definition) is 3. The maximum atomic E-state index is 10.5. The SMILES string of the molecule is Cc1ccc2[nH]cc(CC(C)(C)NCC(O)COc3cccc4[nH]c(C)cc34)c2c1. The van der Waals surface area contributed by atoms with Crippen LogP contribution in [0.1, 0.15) is 30.7 Å². The van der Waals surface area contributed by atoms with E-state index in [1.54, 1.807) is 0 Å². The summed E-state index contributed by atoms with van der Waals surface area (Å²) in [5.74, 6) is 0.796. The van der Waals surface area contributed by atoms with Crippen LogP contribution in [-0.2, 0) is 6.42 Å². The first-order valence-electron chi connectivity index (χ1n) is 10.5. The normalized spacial score (nSPS) is 13.2. The monoisotopic (exact) mass is 405 g/mol. The molecule has 4 N–H and O–H groups in total. The van der Waals surface area contributed by atoms with Crippen molar-refractivity contribution < 1.29 is 9.84 Å². The lowest BCUT2D eigenvalue weighted by Crippen LogP contribution is -2.46. The zero-order valence-corrected chi connectivity index (χ0v) is 18.2. The molecule has 2 aromatic carbocycles. The number of nitrogens with one attached hydrogen (secondary N) is 3. The van der Waals surface area contributed by atoms with Gasteiger partial charge in [-0.1, -0.05) is 17.7 Å². The van der Waals surface area contributed by atoms with Crippen LogP contribution in [-0.4, -0.2) is 39.9 Å². The van der Waals surface area contributed by atoms with Crippen molar-refractivity contribution in [2.75, 3.05) is 13.2 Å². The predicted octanol–water partition coefficient (Wildman–Crippen LogP) is 4.62. The van der Waals surface area contributed by atoms with E-state index in [0.29, 0.717) is 6.54 Å². The molecule has 0 radical (unpaired) electrons. The molecule has 2 aromatic heterocycles. The molecule has 0 aliphatic heterocycles. The summed E-state index contributed by atoms with van der Waals surface area (Å²) in [7, 11) is 0. The summed E-state index contributed by atoms with van der Waals surface area (Å²) in [5.41, 5.74) is 5.69. The second-order valence-corrected chi connectivity index (χ2v) is 8.94. The Hall–Kier alpha value is -2.76. The second kappa shape index (κ2) is 8.17. The van der Waals surface area contributed by atoms with Crippen LogP contribution in [0.2, 0.25) is 0 Å². The summed E-state index contributed by atoms with van der Waals surface area (Å²) < 4.78 is 5.92. The number of benzene rings is 2. The predicted molar refractivity (Wildman–Crippen MR) is 123 cm³/mol. The van der Waals surface area contributed by atoms with Gasteiger partial charge in [-0.05, 0) is 70.0 Å². The van der Waals surface area contributed by atoms with Crippen molar-refractivity contribution in [3.8, 4) is 5.75 Å². The molecule has 4 aromatic rings. The Kier molecular flexibility index (Phi) is 5.58. The van der Waals surface area contributed by atoms with E-state index in [4.69, 9.17) is 4.74 Å². The molecular weight excluding hydrogens is 374 g/mol. The Morgan fingerprint density at radius 1 is 1.07 bits per heavy atom. The number of aliphatic hydroxyl groups excluding tert-OH is 1. The van der Waals surface area contributed by atoms with Gasteiger partial charge < -0.3 is 25.1 Å². The van der Waals surface area contributed by atoms with Crippen LogP contribution in [0.15, 0.2) is 48.7 Å². The minimum atomic E-state index is -0.593. The summed E-state index contributed by atoms with van der Waals surface area (Å²) in [5, 5.41) is 16.3. The van der Waals surface area contributed by atoms with Crippen molar-refractivity contribution >= 4 is 21.8 Å². The first kappa shape index (κ1) is 20.5. The van der Waals surface area contributed by atoms with Crippen molar-refractivity contribution in [3.05, 3.63) is 65.5 Å². The highest BCUT2D eigenvalue weighted by molar-refractivity contribution is 5.86. The number of ether oxygens (including phenoxy) is 1. The average molecular weight is 406 g/mol. The third-order valence-corrected chi connectivity index (χ3v) is 5.56. The Morgan fingerprint density at radius 2 is 1.90 bits per heavy atom. The molecule has 5 nitrogen and oxygen atoms in total. The van der Waals surface area contributed by atoms with Gasteiger partial charge in [0.15, 0.2) is 0 Å². The first-order valence-corrected chi connectivity index (χ1v) is 10.5. The zero-order chi connectivity index (χ0) is 21.3. The van der Waals surface area contributed by atoms with E-state index in [2.05, 4.69) is 66.5 Å². The minimum absolute atomic E-state index is 0.155. The fourth-order valence-corrected chi connectivity index (χ4v) is 4.01. The fraction of sp³-hybridized carbons (Fsp3) is 0.360. The molecule has 5 heteroatoms. The van der Waals surface area contributed by atoms with Crippen LogP contribution < -0.4 is 10.1 Å². The Morgan fingerprint density at radius 3 is 2.73 bits per heavy atom. The topological polar surface area (TPSA) is 73.1 Å². The summed E-state index contributed by atoms with van der Waals surface area (Å²) in [6.45, 7) is 9.19. The van der Waals surface area contributed by atoms with E-state index in [9.17, 15) is 5.11 Å². The van der Waals surface area contributed by atoms with Gasteiger partial charge in [0.2, 0.25) is 0 Å². The quantitative estimate of drug-likeness (QED) is 0.346. The first-order chi connectivity index (χ1) is 14.3. The van der Waals surface area contributed by atoms with Gasteiger partial charge in [-0.25, -0.2) is 0 Å². The Balaban J connectivity index is 1.34. The minimum Gasteiger partial charge on any atom is -0.490 e. The third kappa shape index (κ3) is 4.53. The number of fused-ring (bicyclic) bond motifs is 2. The number of aromatic amines is 2. The van der Waals surface area contributed by atoms with E-state index in [0.717, 1.165) is 34.3 Å².